The maximum absolute atomic E-state index is 4.04. The van der Waals surface area contributed by atoms with E-state index in [1.165, 1.54) is 40.6 Å². The van der Waals surface area contributed by atoms with E-state index in [0.717, 1.165) is 24.3 Å². The fraction of sp³-hybridized carbons (Fsp3) is 0.381. The number of fused-ring (bicyclic) bond motifs is 2. The van der Waals surface area contributed by atoms with Crippen molar-refractivity contribution >= 4 is 16.6 Å². The third-order valence-corrected chi connectivity index (χ3v) is 5.73. The minimum absolute atomic E-state index is 0.418. The summed E-state index contributed by atoms with van der Waals surface area (Å²) in [4.78, 5) is 3.65. The van der Waals surface area contributed by atoms with Gasteiger partial charge in [-0.3, -0.25) is 0 Å². The van der Waals surface area contributed by atoms with Gasteiger partial charge in [-0.15, -0.1) is 5.10 Å². The van der Waals surface area contributed by atoms with Gasteiger partial charge in [0, 0.05) is 22.7 Å². The van der Waals surface area contributed by atoms with Crippen LogP contribution in [0.25, 0.3) is 27.8 Å². The van der Waals surface area contributed by atoms with E-state index in [1.807, 2.05) is 12.3 Å². The van der Waals surface area contributed by atoms with Crippen molar-refractivity contribution in [2.75, 3.05) is 13.1 Å². The molecule has 0 atom stereocenters. The van der Waals surface area contributed by atoms with Crippen LogP contribution in [0.2, 0.25) is 0 Å². The zero-order valence-electron chi connectivity index (χ0n) is 15.7. The number of hydrogen-bond acceptors (Lipinski definition) is 4. The number of nitrogens with one attached hydrogen (secondary N) is 2. The lowest BCUT2D eigenvalue weighted by Gasteiger charge is -2.23. The average molecular weight is 360 g/mol. The molecule has 4 aromatic rings. The van der Waals surface area contributed by atoms with Crippen molar-refractivity contribution in [2.24, 2.45) is 0 Å². The molecule has 0 spiro atoms. The maximum Gasteiger partial charge on any atom is 0.179 e. The number of hydrogen-bond donors (Lipinski definition) is 2. The molecule has 1 fully saturated rings. The molecule has 6 nitrogen and oxygen atoms in total. The van der Waals surface area contributed by atoms with Crippen LogP contribution in [0.15, 0.2) is 36.5 Å². The first-order chi connectivity index (χ1) is 13.2. The van der Waals surface area contributed by atoms with Crippen molar-refractivity contribution in [1.82, 2.24) is 30.3 Å². The number of pyridine rings is 1. The third kappa shape index (κ3) is 2.80. The number of rotatable bonds is 3. The first kappa shape index (κ1) is 16.4. The van der Waals surface area contributed by atoms with Gasteiger partial charge >= 0.3 is 0 Å². The summed E-state index contributed by atoms with van der Waals surface area (Å²) in [5, 5.41) is 16.6. The molecule has 1 saturated heterocycles. The van der Waals surface area contributed by atoms with Crippen LogP contribution in [0.4, 0.5) is 0 Å². The second kappa shape index (κ2) is 6.46. The van der Waals surface area contributed by atoms with Gasteiger partial charge in [-0.25, -0.2) is 4.52 Å². The number of aromatic amines is 1. The summed E-state index contributed by atoms with van der Waals surface area (Å²) < 4.78 is 1.73. The van der Waals surface area contributed by atoms with E-state index in [1.54, 1.807) is 4.52 Å². The quantitative estimate of drug-likeness (QED) is 0.582. The van der Waals surface area contributed by atoms with Crippen LogP contribution in [-0.2, 0) is 0 Å². The second-order valence-corrected chi connectivity index (χ2v) is 7.80. The van der Waals surface area contributed by atoms with Gasteiger partial charge in [-0.05, 0) is 83.6 Å². The van der Waals surface area contributed by atoms with Crippen molar-refractivity contribution in [3.05, 3.63) is 47.7 Å². The van der Waals surface area contributed by atoms with E-state index in [9.17, 15) is 0 Å². The molecule has 0 aliphatic carbocycles. The summed E-state index contributed by atoms with van der Waals surface area (Å²) in [6.45, 7) is 6.76. The number of piperidine rings is 1. The van der Waals surface area contributed by atoms with Gasteiger partial charge in [0.25, 0.3) is 0 Å². The molecule has 0 bridgehead atoms. The lowest BCUT2D eigenvalue weighted by molar-refractivity contribution is 0.460. The Bertz CT molecular complexity index is 1100. The van der Waals surface area contributed by atoms with Crippen molar-refractivity contribution in [1.29, 1.82) is 0 Å². The minimum Gasteiger partial charge on any atom is -0.354 e. The van der Waals surface area contributed by atoms with Gasteiger partial charge in [0.05, 0.1) is 5.69 Å². The third-order valence-electron chi connectivity index (χ3n) is 5.73. The van der Waals surface area contributed by atoms with Crippen molar-refractivity contribution in [3.63, 3.8) is 0 Å². The normalized spacial score (nSPS) is 16.0. The summed E-state index contributed by atoms with van der Waals surface area (Å²) >= 11 is 0. The van der Waals surface area contributed by atoms with Gasteiger partial charge in [-0.1, -0.05) is 19.9 Å². The molecule has 4 heterocycles. The SMILES string of the molecule is CC(C)c1c(-c2ccc3nnnn3c2)[nH]c2ccc(C3CCNCC3)cc12. The highest BCUT2D eigenvalue weighted by molar-refractivity contribution is 5.92. The fourth-order valence-corrected chi connectivity index (χ4v) is 4.36. The van der Waals surface area contributed by atoms with E-state index in [0.29, 0.717) is 11.8 Å². The molecule has 27 heavy (non-hydrogen) atoms. The Hall–Kier alpha value is -2.73. The average Bonchev–Trinajstić information content (AvgIpc) is 3.31. The van der Waals surface area contributed by atoms with Crippen LogP contribution in [0, 0.1) is 0 Å². The highest BCUT2D eigenvalue weighted by Gasteiger charge is 2.20. The summed E-state index contributed by atoms with van der Waals surface area (Å²) in [5.74, 6) is 1.08. The molecule has 1 aromatic carbocycles. The molecular formula is C21H24N6. The molecule has 6 heteroatoms. The topological polar surface area (TPSA) is 70.9 Å². The Kier molecular flexibility index (Phi) is 3.93. The smallest absolute Gasteiger partial charge is 0.179 e. The molecule has 5 rings (SSSR count). The van der Waals surface area contributed by atoms with Crippen molar-refractivity contribution in [3.8, 4) is 11.3 Å². The van der Waals surface area contributed by atoms with Crippen LogP contribution in [0.3, 0.4) is 0 Å². The molecule has 1 aliphatic rings. The Balaban J connectivity index is 1.66. The zero-order chi connectivity index (χ0) is 18.4. The van der Waals surface area contributed by atoms with Gasteiger partial charge in [0.1, 0.15) is 0 Å². The van der Waals surface area contributed by atoms with E-state index < -0.39 is 0 Å². The largest absolute Gasteiger partial charge is 0.354 e. The van der Waals surface area contributed by atoms with E-state index >= 15 is 0 Å². The molecule has 0 saturated carbocycles. The summed E-state index contributed by atoms with van der Waals surface area (Å²) in [7, 11) is 0. The Morgan fingerprint density at radius 1 is 1.11 bits per heavy atom. The molecule has 2 N–H and O–H groups in total. The molecule has 0 amide bonds. The minimum atomic E-state index is 0.418. The molecular weight excluding hydrogens is 336 g/mol. The van der Waals surface area contributed by atoms with Crippen molar-refractivity contribution in [2.45, 2.75) is 38.5 Å². The van der Waals surface area contributed by atoms with Crippen LogP contribution in [-0.4, -0.2) is 38.1 Å². The first-order valence-corrected chi connectivity index (χ1v) is 9.75. The second-order valence-electron chi connectivity index (χ2n) is 7.80. The van der Waals surface area contributed by atoms with Crippen LogP contribution < -0.4 is 5.32 Å². The summed E-state index contributed by atoms with van der Waals surface area (Å²) in [6.07, 6.45) is 4.44. The van der Waals surface area contributed by atoms with Gasteiger partial charge in [0.15, 0.2) is 5.65 Å². The predicted octanol–water partition coefficient (Wildman–Crippen LogP) is 3.86. The summed E-state index contributed by atoms with van der Waals surface area (Å²) in [6, 6.07) is 11.0. The molecule has 138 valence electrons. The predicted molar refractivity (Wildman–Crippen MR) is 107 cm³/mol. The molecule has 0 unspecified atom stereocenters. The molecule has 0 radical (unpaired) electrons. The van der Waals surface area contributed by atoms with E-state index in [2.05, 4.69) is 63.9 Å². The standard InChI is InChI=1S/C21H24N6/c1-13(2)20-17-11-15(14-7-9-22-10-8-14)3-5-18(17)23-21(20)16-4-6-19-24-25-26-27(19)12-16/h3-6,11-14,22-23H,7-10H2,1-2H3. The van der Waals surface area contributed by atoms with Crippen molar-refractivity contribution < 1.29 is 0 Å². The van der Waals surface area contributed by atoms with Crippen LogP contribution in [0.1, 0.15) is 49.7 Å². The Morgan fingerprint density at radius 2 is 1.96 bits per heavy atom. The zero-order valence-corrected chi connectivity index (χ0v) is 15.7. The fourth-order valence-electron chi connectivity index (χ4n) is 4.36. The number of benzene rings is 1. The highest BCUT2D eigenvalue weighted by Crippen LogP contribution is 2.37. The van der Waals surface area contributed by atoms with Gasteiger partial charge in [-0.2, -0.15) is 0 Å². The number of aromatic nitrogens is 5. The van der Waals surface area contributed by atoms with E-state index in [4.69, 9.17) is 0 Å². The van der Waals surface area contributed by atoms with Crippen LogP contribution >= 0.6 is 0 Å². The molecule has 1 aliphatic heterocycles. The maximum atomic E-state index is 4.04. The van der Waals surface area contributed by atoms with Gasteiger partial charge < -0.3 is 10.3 Å². The highest BCUT2D eigenvalue weighted by atomic mass is 15.5. The Labute approximate surface area is 158 Å². The van der Waals surface area contributed by atoms with Gasteiger partial charge in [0.2, 0.25) is 0 Å². The molecule has 3 aromatic heterocycles. The summed E-state index contributed by atoms with van der Waals surface area (Å²) in [5.41, 5.74) is 7.07. The monoisotopic (exact) mass is 360 g/mol. The first-order valence-electron chi connectivity index (χ1n) is 9.75. The number of tetrazole rings is 1. The Morgan fingerprint density at radius 3 is 2.78 bits per heavy atom. The number of H-pyrrole nitrogens is 1. The lowest BCUT2D eigenvalue weighted by atomic mass is 9.88. The van der Waals surface area contributed by atoms with Crippen LogP contribution in [0.5, 0.6) is 0 Å². The number of nitrogens with zero attached hydrogens (tertiary/aromatic N) is 4. The lowest BCUT2D eigenvalue weighted by Crippen LogP contribution is -2.26. The van der Waals surface area contributed by atoms with E-state index in [-0.39, 0.29) is 0 Å².